The fraction of sp³-hybridized carbons (Fsp3) is 0.938. The maximum Gasteiger partial charge on any atom is 0.193 e. The van der Waals surface area contributed by atoms with Crippen LogP contribution < -0.4 is 5.32 Å². The molecule has 1 aliphatic rings. The molecule has 0 aromatic carbocycles. The Bertz CT molecular complexity index is 277. The molecule has 2 unspecified atom stereocenters. The lowest BCUT2D eigenvalue weighted by Crippen LogP contribution is -2.48. The number of hydrogen-bond donors (Lipinski definition) is 1. The van der Waals surface area contributed by atoms with Crippen molar-refractivity contribution < 1.29 is 4.74 Å². The highest BCUT2D eigenvalue weighted by atomic mass is 127. The minimum atomic E-state index is 0. The molecular formula is C16H34IN3O. The summed E-state index contributed by atoms with van der Waals surface area (Å²) in [4.78, 5) is 6.82. The lowest BCUT2D eigenvalue weighted by atomic mass is 9.92. The summed E-state index contributed by atoms with van der Waals surface area (Å²) in [6.45, 7) is 11.8. The third-order valence-electron chi connectivity index (χ3n) is 3.77. The van der Waals surface area contributed by atoms with Crippen molar-refractivity contribution in [3.8, 4) is 0 Å². The highest BCUT2D eigenvalue weighted by Crippen LogP contribution is 2.20. The number of likely N-dealkylation sites (tertiary alicyclic amines) is 1. The van der Waals surface area contributed by atoms with Crippen molar-refractivity contribution >= 4 is 29.9 Å². The van der Waals surface area contributed by atoms with E-state index in [1.165, 1.54) is 19.3 Å². The van der Waals surface area contributed by atoms with Crippen molar-refractivity contribution in [2.75, 3.05) is 39.9 Å². The first kappa shape index (κ1) is 21.0. The van der Waals surface area contributed by atoms with E-state index in [4.69, 9.17) is 4.74 Å². The van der Waals surface area contributed by atoms with Crippen LogP contribution >= 0.6 is 24.0 Å². The van der Waals surface area contributed by atoms with Gasteiger partial charge in [-0.05, 0) is 31.1 Å². The number of guanidine groups is 1. The SMILES string of the molecule is CCCCOCCCNC(=NC)N1CC(C)CC(C)C1.I. The lowest BCUT2D eigenvalue weighted by molar-refractivity contribution is 0.129. The summed E-state index contributed by atoms with van der Waals surface area (Å²) >= 11 is 0. The molecule has 2 atom stereocenters. The van der Waals surface area contributed by atoms with E-state index in [9.17, 15) is 0 Å². The van der Waals surface area contributed by atoms with E-state index in [1.807, 2.05) is 7.05 Å². The second-order valence-electron chi connectivity index (χ2n) is 6.14. The zero-order valence-electron chi connectivity index (χ0n) is 14.2. The summed E-state index contributed by atoms with van der Waals surface area (Å²) in [6.07, 6.45) is 4.75. The highest BCUT2D eigenvalue weighted by molar-refractivity contribution is 14.0. The number of aliphatic imine (C=N–C) groups is 1. The van der Waals surface area contributed by atoms with Gasteiger partial charge in [0.2, 0.25) is 0 Å². The minimum Gasteiger partial charge on any atom is -0.381 e. The maximum atomic E-state index is 5.58. The molecule has 0 radical (unpaired) electrons. The van der Waals surface area contributed by atoms with Gasteiger partial charge in [0.1, 0.15) is 0 Å². The van der Waals surface area contributed by atoms with Crippen LogP contribution in [-0.2, 0) is 4.74 Å². The molecule has 0 aromatic rings. The first-order valence-electron chi connectivity index (χ1n) is 8.20. The predicted molar refractivity (Wildman–Crippen MR) is 102 cm³/mol. The maximum absolute atomic E-state index is 5.58. The van der Waals surface area contributed by atoms with Gasteiger partial charge >= 0.3 is 0 Å². The van der Waals surface area contributed by atoms with Gasteiger partial charge in [-0.15, -0.1) is 24.0 Å². The molecule has 1 aliphatic heterocycles. The summed E-state index contributed by atoms with van der Waals surface area (Å²) in [5, 5.41) is 3.47. The fourth-order valence-electron chi connectivity index (χ4n) is 2.89. The molecular weight excluding hydrogens is 377 g/mol. The molecule has 4 nitrogen and oxygen atoms in total. The Morgan fingerprint density at radius 3 is 2.38 bits per heavy atom. The highest BCUT2D eigenvalue weighted by Gasteiger charge is 2.23. The normalized spacial score (nSPS) is 22.9. The second kappa shape index (κ2) is 12.5. The summed E-state index contributed by atoms with van der Waals surface area (Å²) in [7, 11) is 1.88. The molecule has 0 saturated carbocycles. The van der Waals surface area contributed by atoms with E-state index in [0.29, 0.717) is 0 Å². The van der Waals surface area contributed by atoms with Crippen LogP contribution in [0.3, 0.4) is 0 Å². The largest absolute Gasteiger partial charge is 0.381 e. The first-order chi connectivity index (χ1) is 9.67. The molecule has 5 heteroatoms. The second-order valence-corrected chi connectivity index (χ2v) is 6.14. The van der Waals surface area contributed by atoms with Crippen molar-refractivity contribution in [2.45, 2.75) is 46.5 Å². The number of rotatable bonds is 7. The van der Waals surface area contributed by atoms with Crippen molar-refractivity contribution in [1.29, 1.82) is 0 Å². The van der Waals surface area contributed by atoms with Gasteiger partial charge in [-0.25, -0.2) is 0 Å². The summed E-state index contributed by atoms with van der Waals surface area (Å²) in [5.41, 5.74) is 0. The molecule has 0 aliphatic carbocycles. The molecule has 0 bridgehead atoms. The smallest absolute Gasteiger partial charge is 0.193 e. The Morgan fingerprint density at radius 1 is 1.19 bits per heavy atom. The predicted octanol–water partition coefficient (Wildman–Crippen LogP) is 3.36. The topological polar surface area (TPSA) is 36.9 Å². The van der Waals surface area contributed by atoms with Gasteiger partial charge in [-0.3, -0.25) is 4.99 Å². The molecule has 0 aromatic heterocycles. The number of nitrogens with zero attached hydrogens (tertiary/aromatic N) is 2. The zero-order valence-corrected chi connectivity index (χ0v) is 16.6. The molecule has 1 saturated heterocycles. The van der Waals surface area contributed by atoms with Gasteiger partial charge in [0.25, 0.3) is 0 Å². The van der Waals surface area contributed by atoms with E-state index >= 15 is 0 Å². The molecule has 1 heterocycles. The van der Waals surface area contributed by atoms with E-state index in [0.717, 1.165) is 57.1 Å². The summed E-state index contributed by atoms with van der Waals surface area (Å²) in [6, 6.07) is 0. The van der Waals surface area contributed by atoms with Gasteiger partial charge in [-0.2, -0.15) is 0 Å². The van der Waals surface area contributed by atoms with Gasteiger partial charge < -0.3 is 15.0 Å². The Morgan fingerprint density at radius 2 is 1.81 bits per heavy atom. The standard InChI is InChI=1S/C16H33N3O.HI/c1-5-6-9-20-10-7-8-18-16(17-4)19-12-14(2)11-15(3)13-19;/h14-15H,5-13H2,1-4H3,(H,17,18);1H. The number of unbranched alkanes of at least 4 members (excludes halogenated alkanes) is 1. The molecule has 1 rings (SSSR count). The fourth-order valence-corrected chi connectivity index (χ4v) is 2.89. The Labute approximate surface area is 148 Å². The Kier molecular flexibility index (Phi) is 12.5. The average molecular weight is 411 g/mol. The Balaban J connectivity index is 0.00000400. The van der Waals surface area contributed by atoms with E-state index in [1.54, 1.807) is 0 Å². The van der Waals surface area contributed by atoms with Crippen molar-refractivity contribution in [2.24, 2.45) is 16.8 Å². The lowest BCUT2D eigenvalue weighted by Gasteiger charge is -2.37. The van der Waals surface area contributed by atoms with Gasteiger partial charge in [0.15, 0.2) is 5.96 Å². The van der Waals surface area contributed by atoms with Crippen molar-refractivity contribution in [3.05, 3.63) is 0 Å². The monoisotopic (exact) mass is 411 g/mol. The van der Waals surface area contributed by atoms with Crippen LogP contribution in [0.2, 0.25) is 0 Å². The number of ether oxygens (including phenoxy) is 1. The zero-order chi connectivity index (χ0) is 14.8. The summed E-state index contributed by atoms with van der Waals surface area (Å²) < 4.78 is 5.58. The summed E-state index contributed by atoms with van der Waals surface area (Å²) in [5.74, 6) is 2.57. The molecule has 0 amide bonds. The van der Waals surface area contributed by atoms with E-state index in [2.05, 4.69) is 36.0 Å². The number of piperidine rings is 1. The molecule has 0 spiro atoms. The molecule has 1 N–H and O–H groups in total. The number of hydrogen-bond acceptors (Lipinski definition) is 2. The third kappa shape index (κ3) is 8.86. The van der Waals surface area contributed by atoms with Crippen molar-refractivity contribution in [1.82, 2.24) is 10.2 Å². The van der Waals surface area contributed by atoms with Crippen LogP contribution in [-0.4, -0.2) is 50.8 Å². The van der Waals surface area contributed by atoms with Crippen LogP contribution in [0.4, 0.5) is 0 Å². The number of halogens is 1. The van der Waals surface area contributed by atoms with Gasteiger partial charge in [0.05, 0.1) is 0 Å². The first-order valence-corrected chi connectivity index (χ1v) is 8.20. The Hall–Kier alpha value is -0.0400. The van der Waals surface area contributed by atoms with Gasteiger partial charge in [-0.1, -0.05) is 27.2 Å². The van der Waals surface area contributed by atoms with Crippen LogP contribution in [0.5, 0.6) is 0 Å². The minimum absolute atomic E-state index is 0. The average Bonchev–Trinajstić information content (AvgIpc) is 2.41. The molecule has 1 fully saturated rings. The van der Waals surface area contributed by atoms with Crippen LogP contribution in [0.25, 0.3) is 0 Å². The molecule has 126 valence electrons. The molecule has 21 heavy (non-hydrogen) atoms. The number of nitrogens with one attached hydrogen (secondary N) is 1. The van der Waals surface area contributed by atoms with Gasteiger partial charge in [0, 0.05) is 39.9 Å². The van der Waals surface area contributed by atoms with Crippen LogP contribution in [0, 0.1) is 11.8 Å². The van der Waals surface area contributed by atoms with E-state index in [-0.39, 0.29) is 24.0 Å². The van der Waals surface area contributed by atoms with E-state index < -0.39 is 0 Å². The van der Waals surface area contributed by atoms with Crippen LogP contribution in [0.1, 0.15) is 46.5 Å². The van der Waals surface area contributed by atoms with Crippen LogP contribution in [0.15, 0.2) is 4.99 Å². The third-order valence-corrected chi connectivity index (χ3v) is 3.77. The quantitative estimate of drug-likeness (QED) is 0.302. The van der Waals surface area contributed by atoms with Crippen molar-refractivity contribution in [3.63, 3.8) is 0 Å².